The number of aromatic nitrogens is 1. The Labute approximate surface area is 108 Å². The van der Waals surface area contributed by atoms with E-state index < -0.39 is 0 Å². The van der Waals surface area contributed by atoms with Crippen LogP contribution in [0.4, 0.5) is 5.82 Å². The van der Waals surface area contributed by atoms with Gasteiger partial charge in [0.1, 0.15) is 5.82 Å². The summed E-state index contributed by atoms with van der Waals surface area (Å²) in [7, 11) is 0. The molecule has 3 rings (SSSR count). The van der Waals surface area contributed by atoms with Crippen LogP contribution >= 0.6 is 0 Å². The first-order valence-corrected chi connectivity index (χ1v) is 6.69. The molecule has 2 N–H and O–H groups in total. The fraction of sp³-hybridized carbons (Fsp3) is 0.400. The fourth-order valence-corrected chi connectivity index (χ4v) is 2.58. The van der Waals surface area contributed by atoms with E-state index in [1.165, 1.54) is 18.2 Å². The van der Waals surface area contributed by atoms with Crippen molar-refractivity contribution in [3.05, 3.63) is 36.4 Å². The van der Waals surface area contributed by atoms with Crippen LogP contribution < -0.4 is 10.6 Å². The van der Waals surface area contributed by atoms with Crippen LogP contribution in [0.2, 0.25) is 0 Å². The normalized spacial score (nSPS) is 24.1. The molecule has 0 saturated carbocycles. The molecule has 1 saturated heterocycles. The smallest absolute Gasteiger partial charge is 0.126 e. The number of pyridine rings is 1. The fourth-order valence-electron chi connectivity index (χ4n) is 2.58. The molecular formula is C15H19N3. The van der Waals surface area contributed by atoms with Gasteiger partial charge in [0, 0.05) is 17.5 Å². The molecule has 1 aromatic heterocycles. The van der Waals surface area contributed by atoms with Crippen molar-refractivity contribution in [2.24, 2.45) is 0 Å². The van der Waals surface area contributed by atoms with E-state index >= 15 is 0 Å². The van der Waals surface area contributed by atoms with Crippen LogP contribution in [0, 0.1) is 0 Å². The van der Waals surface area contributed by atoms with Crippen LogP contribution in [-0.2, 0) is 0 Å². The first-order valence-electron chi connectivity index (χ1n) is 6.69. The van der Waals surface area contributed by atoms with Gasteiger partial charge < -0.3 is 10.6 Å². The first-order chi connectivity index (χ1) is 8.83. The Kier molecular flexibility index (Phi) is 3.15. The number of hydrogen-bond donors (Lipinski definition) is 2. The molecule has 94 valence electrons. The summed E-state index contributed by atoms with van der Waals surface area (Å²) < 4.78 is 0. The minimum absolute atomic E-state index is 0.479. The van der Waals surface area contributed by atoms with Gasteiger partial charge in [-0.05, 0) is 44.5 Å². The number of anilines is 1. The summed E-state index contributed by atoms with van der Waals surface area (Å²) in [6, 6.07) is 13.4. The van der Waals surface area contributed by atoms with E-state index in [-0.39, 0.29) is 0 Å². The maximum Gasteiger partial charge on any atom is 0.126 e. The van der Waals surface area contributed by atoms with Crippen molar-refractivity contribution in [1.82, 2.24) is 10.3 Å². The van der Waals surface area contributed by atoms with Gasteiger partial charge in [0.2, 0.25) is 0 Å². The molecule has 1 aromatic carbocycles. The van der Waals surface area contributed by atoms with Crippen molar-refractivity contribution in [1.29, 1.82) is 0 Å². The van der Waals surface area contributed by atoms with Crippen LogP contribution in [0.1, 0.15) is 19.8 Å². The number of piperidine rings is 1. The lowest BCUT2D eigenvalue weighted by atomic mass is 10.00. The van der Waals surface area contributed by atoms with Crippen molar-refractivity contribution < 1.29 is 0 Å². The summed E-state index contributed by atoms with van der Waals surface area (Å²) in [4.78, 5) is 4.66. The van der Waals surface area contributed by atoms with Gasteiger partial charge in [-0.15, -0.1) is 0 Å². The molecule has 2 unspecified atom stereocenters. The van der Waals surface area contributed by atoms with Crippen molar-refractivity contribution in [3.63, 3.8) is 0 Å². The van der Waals surface area contributed by atoms with Gasteiger partial charge in [-0.2, -0.15) is 0 Å². The third-order valence-corrected chi connectivity index (χ3v) is 3.69. The quantitative estimate of drug-likeness (QED) is 0.849. The molecule has 18 heavy (non-hydrogen) atoms. The highest BCUT2D eigenvalue weighted by molar-refractivity contribution is 5.80. The summed E-state index contributed by atoms with van der Waals surface area (Å²) in [5.74, 6) is 0.981. The molecule has 1 fully saturated rings. The SMILES string of the molecule is CC1NCCCC1Nc1ccc2ccccc2n1. The zero-order valence-corrected chi connectivity index (χ0v) is 10.7. The predicted molar refractivity (Wildman–Crippen MR) is 75.9 cm³/mol. The number of rotatable bonds is 2. The standard InChI is InChI=1S/C15H19N3/c1-11-13(7-4-10-16-11)17-15-9-8-12-5-2-3-6-14(12)18-15/h2-3,5-6,8-9,11,13,16H,4,7,10H2,1H3,(H,17,18). The second-order valence-corrected chi connectivity index (χ2v) is 5.03. The highest BCUT2D eigenvalue weighted by Crippen LogP contribution is 2.18. The number of nitrogens with zero attached hydrogens (tertiary/aromatic N) is 1. The summed E-state index contributed by atoms with van der Waals surface area (Å²) in [5.41, 5.74) is 1.05. The van der Waals surface area contributed by atoms with Crippen LogP contribution in [0.15, 0.2) is 36.4 Å². The van der Waals surface area contributed by atoms with Crippen LogP contribution in [0.3, 0.4) is 0 Å². The third kappa shape index (κ3) is 2.31. The van der Waals surface area contributed by atoms with Crippen molar-refractivity contribution in [2.45, 2.75) is 31.8 Å². The number of hydrogen-bond acceptors (Lipinski definition) is 3. The Balaban J connectivity index is 1.81. The molecule has 0 amide bonds. The van der Waals surface area contributed by atoms with Crippen molar-refractivity contribution in [2.75, 3.05) is 11.9 Å². The summed E-state index contributed by atoms with van der Waals surface area (Å²) in [6.45, 7) is 3.36. The van der Waals surface area contributed by atoms with E-state index in [4.69, 9.17) is 0 Å². The summed E-state index contributed by atoms with van der Waals surface area (Å²) in [6.07, 6.45) is 2.44. The first kappa shape index (κ1) is 11.5. The minimum Gasteiger partial charge on any atom is -0.366 e. The topological polar surface area (TPSA) is 37.0 Å². The zero-order chi connectivity index (χ0) is 12.4. The number of para-hydroxylation sites is 1. The van der Waals surface area contributed by atoms with Gasteiger partial charge in [0.25, 0.3) is 0 Å². The van der Waals surface area contributed by atoms with Gasteiger partial charge in [-0.3, -0.25) is 0 Å². The second kappa shape index (κ2) is 4.94. The Morgan fingerprint density at radius 1 is 1.22 bits per heavy atom. The molecule has 2 atom stereocenters. The number of nitrogens with one attached hydrogen (secondary N) is 2. The number of benzene rings is 1. The Morgan fingerprint density at radius 3 is 3.00 bits per heavy atom. The van der Waals surface area contributed by atoms with Gasteiger partial charge in [-0.25, -0.2) is 4.98 Å². The van der Waals surface area contributed by atoms with E-state index in [0.29, 0.717) is 12.1 Å². The Bertz CT molecular complexity index is 538. The Morgan fingerprint density at radius 2 is 2.11 bits per heavy atom. The maximum atomic E-state index is 4.66. The highest BCUT2D eigenvalue weighted by atomic mass is 15.1. The Hall–Kier alpha value is -1.61. The monoisotopic (exact) mass is 241 g/mol. The predicted octanol–water partition coefficient (Wildman–Crippen LogP) is 2.79. The van der Waals surface area contributed by atoms with Crippen molar-refractivity contribution in [3.8, 4) is 0 Å². The van der Waals surface area contributed by atoms with E-state index in [2.05, 4.69) is 46.8 Å². The number of fused-ring (bicyclic) bond motifs is 1. The summed E-state index contributed by atoms with van der Waals surface area (Å²) in [5, 5.41) is 8.24. The molecule has 3 nitrogen and oxygen atoms in total. The van der Waals surface area contributed by atoms with E-state index in [1.807, 2.05) is 12.1 Å². The average Bonchev–Trinajstić information content (AvgIpc) is 2.41. The average molecular weight is 241 g/mol. The molecule has 0 radical (unpaired) electrons. The van der Waals surface area contributed by atoms with Crippen molar-refractivity contribution >= 4 is 16.7 Å². The van der Waals surface area contributed by atoms with Gasteiger partial charge in [0.15, 0.2) is 0 Å². The lowest BCUT2D eigenvalue weighted by Crippen LogP contribution is -2.46. The molecule has 1 aliphatic rings. The highest BCUT2D eigenvalue weighted by Gasteiger charge is 2.20. The molecule has 2 heterocycles. The molecule has 0 spiro atoms. The van der Waals surface area contributed by atoms with Gasteiger partial charge in [-0.1, -0.05) is 18.2 Å². The molecule has 0 bridgehead atoms. The van der Waals surface area contributed by atoms with Crippen LogP contribution in [0.5, 0.6) is 0 Å². The largest absolute Gasteiger partial charge is 0.366 e. The third-order valence-electron chi connectivity index (χ3n) is 3.69. The molecule has 1 aliphatic heterocycles. The van der Waals surface area contributed by atoms with Gasteiger partial charge in [0.05, 0.1) is 5.52 Å². The lowest BCUT2D eigenvalue weighted by Gasteiger charge is -2.31. The lowest BCUT2D eigenvalue weighted by molar-refractivity contribution is 0.389. The van der Waals surface area contributed by atoms with Gasteiger partial charge >= 0.3 is 0 Å². The molecular weight excluding hydrogens is 222 g/mol. The summed E-state index contributed by atoms with van der Waals surface area (Å²) >= 11 is 0. The van der Waals surface area contributed by atoms with Crippen LogP contribution in [0.25, 0.3) is 10.9 Å². The molecule has 2 aromatic rings. The van der Waals surface area contributed by atoms with E-state index in [1.54, 1.807) is 0 Å². The second-order valence-electron chi connectivity index (χ2n) is 5.03. The van der Waals surface area contributed by atoms with E-state index in [9.17, 15) is 0 Å². The maximum absolute atomic E-state index is 4.66. The molecule has 0 aliphatic carbocycles. The zero-order valence-electron chi connectivity index (χ0n) is 10.7. The van der Waals surface area contributed by atoms with Crippen LogP contribution in [-0.4, -0.2) is 23.6 Å². The molecule has 3 heteroatoms. The minimum atomic E-state index is 0.479. The van der Waals surface area contributed by atoms with E-state index in [0.717, 1.165) is 17.9 Å².